The lowest BCUT2D eigenvalue weighted by Crippen LogP contribution is -2.44. The molecule has 150 valence electrons. The molecule has 1 unspecified atom stereocenters. The number of benzene rings is 2. The normalized spacial score (nSPS) is 25.3. The van der Waals surface area contributed by atoms with E-state index < -0.39 is 9.84 Å². The van der Waals surface area contributed by atoms with Gasteiger partial charge < -0.3 is 4.74 Å². The van der Waals surface area contributed by atoms with Crippen molar-refractivity contribution in [3.8, 4) is 5.75 Å². The number of nitrogens with zero attached hydrogens (tertiary/aromatic N) is 1. The summed E-state index contributed by atoms with van der Waals surface area (Å²) in [5, 5.41) is 1.94. The SMILES string of the molecule is C[C@H]1Cc2cc(S(C)(=O)=O)cc(C[C@@H]3CCCN(N)C3c3ccccc3)c2O1. The number of hydrazine groups is 1. The number of ether oxygens (including phenoxy) is 1. The monoisotopic (exact) mass is 400 g/mol. The Bertz CT molecular complexity index is 959. The van der Waals surface area contributed by atoms with Crippen LogP contribution in [0.1, 0.15) is 42.5 Å². The number of piperidine rings is 1. The van der Waals surface area contributed by atoms with E-state index in [1.54, 1.807) is 6.07 Å². The average Bonchev–Trinajstić information content (AvgIpc) is 3.02. The van der Waals surface area contributed by atoms with Gasteiger partial charge in [-0.25, -0.2) is 13.4 Å². The Balaban J connectivity index is 1.72. The summed E-state index contributed by atoms with van der Waals surface area (Å²) >= 11 is 0. The Morgan fingerprint density at radius 1 is 1.21 bits per heavy atom. The van der Waals surface area contributed by atoms with Crippen molar-refractivity contribution < 1.29 is 13.2 Å². The molecule has 2 N–H and O–H groups in total. The summed E-state index contributed by atoms with van der Waals surface area (Å²) in [6.07, 6.45) is 4.95. The lowest BCUT2D eigenvalue weighted by atomic mass is 9.81. The van der Waals surface area contributed by atoms with Gasteiger partial charge in [-0.15, -0.1) is 0 Å². The number of sulfone groups is 1. The van der Waals surface area contributed by atoms with Gasteiger partial charge in [0.05, 0.1) is 10.9 Å². The van der Waals surface area contributed by atoms with Crippen molar-refractivity contribution in [1.82, 2.24) is 5.01 Å². The molecule has 0 bridgehead atoms. The highest BCUT2D eigenvalue weighted by atomic mass is 32.2. The van der Waals surface area contributed by atoms with Gasteiger partial charge >= 0.3 is 0 Å². The molecule has 0 radical (unpaired) electrons. The standard InChI is InChI=1S/C22H28N2O3S/c1-15-11-18-13-20(28(2,25)26)14-19(22(18)27-15)12-17-9-6-10-24(23)21(17)16-7-4-3-5-8-16/h3-5,7-8,13-15,17,21H,6,9-12,23H2,1-2H3/t15-,17-,21?/m0/s1. The lowest BCUT2D eigenvalue weighted by Gasteiger charge is -2.39. The zero-order chi connectivity index (χ0) is 19.9. The number of hydrogen-bond acceptors (Lipinski definition) is 5. The van der Waals surface area contributed by atoms with Crippen LogP contribution in [0, 0.1) is 5.92 Å². The Hall–Kier alpha value is -1.89. The molecule has 0 aliphatic carbocycles. The van der Waals surface area contributed by atoms with E-state index >= 15 is 0 Å². The molecule has 2 aromatic carbocycles. The third-order valence-corrected chi connectivity index (χ3v) is 6.98. The maximum absolute atomic E-state index is 12.2. The second kappa shape index (κ2) is 7.50. The maximum Gasteiger partial charge on any atom is 0.175 e. The van der Waals surface area contributed by atoms with Crippen LogP contribution < -0.4 is 10.6 Å². The van der Waals surface area contributed by atoms with Gasteiger partial charge in [0, 0.05) is 19.2 Å². The number of hydrogen-bond donors (Lipinski definition) is 1. The van der Waals surface area contributed by atoms with Gasteiger partial charge in [-0.05, 0) is 60.9 Å². The molecule has 28 heavy (non-hydrogen) atoms. The second-order valence-electron chi connectivity index (χ2n) is 8.18. The summed E-state index contributed by atoms with van der Waals surface area (Å²) in [5.74, 6) is 7.58. The molecule has 0 saturated carbocycles. The van der Waals surface area contributed by atoms with Gasteiger partial charge in [-0.1, -0.05) is 30.3 Å². The van der Waals surface area contributed by atoms with Crippen LogP contribution in [0.4, 0.5) is 0 Å². The highest BCUT2D eigenvalue weighted by Crippen LogP contribution is 2.41. The maximum atomic E-state index is 12.2. The van der Waals surface area contributed by atoms with Crippen molar-refractivity contribution in [2.24, 2.45) is 11.8 Å². The van der Waals surface area contributed by atoms with E-state index in [0.29, 0.717) is 10.8 Å². The topological polar surface area (TPSA) is 72.6 Å². The fraction of sp³-hybridized carbons (Fsp3) is 0.455. The van der Waals surface area contributed by atoms with Gasteiger partial charge in [-0.2, -0.15) is 0 Å². The minimum Gasteiger partial charge on any atom is -0.490 e. The fourth-order valence-electron chi connectivity index (χ4n) is 4.66. The molecule has 4 rings (SSSR count). The molecule has 3 atom stereocenters. The lowest BCUT2D eigenvalue weighted by molar-refractivity contribution is 0.0920. The van der Waals surface area contributed by atoms with Gasteiger partial charge in [0.2, 0.25) is 0 Å². The van der Waals surface area contributed by atoms with Gasteiger partial charge in [-0.3, -0.25) is 5.84 Å². The zero-order valence-electron chi connectivity index (χ0n) is 16.5. The second-order valence-corrected chi connectivity index (χ2v) is 10.2. The van der Waals surface area contributed by atoms with Gasteiger partial charge in [0.25, 0.3) is 0 Å². The van der Waals surface area contributed by atoms with Crippen molar-refractivity contribution in [2.45, 2.75) is 49.6 Å². The average molecular weight is 401 g/mol. The molecule has 2 heterocycles. The van der Waals surface area contributed by atoms with E-state index in [0.717, 1.165) is 49.1 Å². The molecule has 0 aromatic heterocycles. The van der Waals surface area contributed by atoms with E-state index in [9.17, 15) is 8.42 Å². The first-order chi connectivity index (χ1) is 13.3. The van der Waals surface area contributed by atoms with Crippen LogP contribution in [0.15, 0.2) is 47.4 Å². The predicted molar refractivity (Wildman–Crippen MR) is 110 cm³/mol. The van der Waals surface area contributed by atoms with Crippen LogP contribution in [0.2, 0.25) is 0 Å². The summed E-state index contributed by atoms with van der Waals surface area (Å²) in [6.45, 7) is 2.89. The van der Waals surface area contributed by atoms with E-state index in [4.69, 9.17) is 10.6 Å². The molecule has 0 amide bonds. The van der Waals surface area contributed by atoms with Crippen molar-refractivity contribution in [3.63, 3.8) is 0 Å². The predicted octanol–water partition coefficient (Wildman–Crippen LogP) is 3.28. The summed E-state index contributed by atoms with van der Waals surface area (Å²) < 4.78 is 30.5. The minimum atomic E-state index is -3.27. The number of rotatable bonds is 4. The molecular formula is C22H28N2O3S. The largest absolute Gasteiger partial charge is 0.490 e. The van der Waals surface area contributed by atoms with Crippen LogP contribution in [0.5, 0.6) is 5.75 Å². The quantitative estimate of drug-likeness (QED) is 0.798. The molecular weight excluding hydrogens is 372 g/mol. The third-order valence-electron chi connectivity index (χ3n) is 5.89. The van der Waals surface area contributed by atoms with E-state index in [-0.39, 0.29) is 12.1 Å². The van der Waals surface area contributed by atoms with Crippen molar-refractivity contribution in [3.05, 3.63) is 59.2 Å². The molecule has 6 heteroatoms. The smallest absolute Gasteiger partial charge is 0.175 e. The van der Waals surface area contributed by atoms with Crippen LogP contribution in [-0.2, 0) is 22.7 Å². The summed E-state index contributed by atoms with van der Waals surface area (Å²) in [4.78, 5) is 0.385. The molecule has 2 aromatic rings. The zero-order valence-corrected chi connectivity index (χ0v) is 17.3. The number of nitrogens with two attached hydrogens (primary N) is 1. The molecule has 0 spiro atoms. The van der Waals surface area contributed by atoms with E-state index in [2.05, 4.69) is 12.1 Å². The summed E-state index contributed by atoms with van der Waals surface area (Å²) in [5.41, 5.74) is 3.20. The fourth-order valence-corrected chi connectivity index (χ4v) is 5.37. The van der Waals surface area contributed by atoms with E-state index in [1.165, 1.54) is 11.8 Å². The van der Waals surface area contributed by atoms with Crippen LogP contribution in [0.3, 0.4) is 0 Å². The Kier molecular flexibility index (Phi) is 5.21. The molecule has 1 fully saturated rings. The van der Waals surface area contributed by atoms with Gasteiger partial charge in [0.15, 0.2) is 9.84 Å². The van der Waals surface area contributed by atoms with Crippen molar-refractivity contribution >= 4 is 9.84 Å². The Morgan fingerprint density at radius 3 is 2.68 bits per heavy atom. The van der Waals surface area contributed by atoms with Crippen LogP contribution in [-0.4, -0.2) is 32.3 Å². The van der Waals surface area contributed by atoms with E-state index in [1.807, 2.05) is 36.2 Å². The molecule has 5 nitrogen and oxygen atoms in total. The van der Waals surface area contributed by atoms with Crippen LogP contribution in [0.25, 0.3) is 0 Å². The van der Waals surface area contributed by atoms with Gasteiger partial charge in [0.1, 0.15) is 11.9 Å². The van der Waals surface area contributed by atoms with Crippen molar-refractivity contribution in [2.75, 3.05) is 12.8 Å². The highest BCUT2D eigenvalue weighted by Gasteiger charge is 2.33. The Morgan fingerprint density at radius 2 is 1.96 bits per heavy atom. The van der Waals surface area contributed by atoms with Crippen LogP contribution >= 0.6 is 0 Å². The summed E-state index contributed by atoms with van der Waals surface area (Å²) in [7, 11) is -3.27. The van der Waals surface area contributed by atoms with Crippen molar-refractivity contribution in [1.29, 1.82) is 0 Å². The molecule has 2 aliphatic rings. The molecule has 1 saturated heterocycles. The Labute approximate surface area is 167 Å². The first kappa shape index (κ1) is 19.4. The minimum absolute atomic E-state index is 0.0749. The number of fused-ring (bicyclic) bond motifs is 1. The molecule has 2 aliphatic heterocycles. The first-order valence-corrected chi connectivity index (χ1v) is 11.8. The first-order valence-electron chi connectivity index (χ1n) is 9.91. The third kappa shape index (κ3) is 3.81. The summed E-state index contributed by atoms with van der Waals surface area (Å²) in [6, 6.07) is 14.1. The highest BCUT2D eigenvalue weighted by molar-refractivity contribution is 7.90.